The molecule has 0 fully saturated rings. The highest BCUT2D eigenvalue weighted by atomic mass is 16.1. The van der Waals surface area contributed by atoms with Gasteiger partial charge in [0.05, 0.1) is 0 Å². The van der Waals surface area contributed by atoms with E-state index in [1.54, 1.807) is 0 Å². The van der Waals surface area contributed by atoms with Gasteiger partial charge in [-0.05, 0) is 36.2 Å². The molecule has 1 aliphatic heterocycles. The lowest BCUT2D eigenvalue weighted by Crippen LogP contribution is -2.11. The van der Waals surface area contributed by atoms with Crippen LogP contribution in [0, 0.1) is 0 Å². The number of hydrogen-bond acceptors (Lipinski definition) is 2. The molecule has 1 heterocycles. The molecule has 0 bridgehead atoms. The second kappa shape index (κ2) is 4.53. The Labute approximate surface area is 106 Å². The predicted octanol–water partition coefficient (Wildman–Crippen LogP) is 2.91. The van der Waals surface area contributed by atoms with E-state index in [0.717, 1.165) is 24.3 Å². The predicted molar refractivity (Wildman–Crippen MR) is 73.0 cm³/mol. The van der Waals surface area contributed by atoms with Gasteiger partial charge < -0.3 is 10.6 Å². The number of para-hydroxylation sites is 1. The van der Waals surface area contributed by atoms with Crippen LogP contribution in [0.4, 0.5) is 11.4 Å². The monoisotopic (exact) mass is 238 g/mol. The lowest BCUT2D eigenvalue weighted by molar-refractivity contribution is 0.102. The van der Waals surface area contributed by atoms with E-state index in [-0.39, 0.29) is 5.91 Å². The standard InChI is InChI=1S/C15H14N2O/c18-15(17-13-4-2-1-3-5-13)12-7-6-11-8-9-16-14(11)10-12/h1-7,10,16H,8-9H2,(H,17,18). The molecular formula is C15H14N2O. The van der Waals surface area contributed by atoms with Gasteiger partial charge in [0, 0.05) is 23.5 Å². The van der Waals surface area contributed by atoms with Crippen molar-refractivity contribution in [3.05, 3.63) is 59.7 Å². The molecule has 3 nitrogen and oxygen atoms in total. The summed E-state index contributed by atoms with van der Waals surface area (Å²) in [5, 5.41) is 6.16. The minimum Gasteiger partial charge on any atom is -0.384 e. The molecule has 3 heteroatoms. The molecule has 3 rings (SSSR count). The van der Waals surface area contributed by atoms with Crippen molar-refractivity contribution in [1.29, 1.82) is 0 Å². The number of rotatable bonds is 2. The van der Waals surface area contributed by atoms with Gasteiger partial charge in [-0.2, -0.15) is 0 Å². The molecule has 0 spiro atoms. The van der Waals surface area contributed by atoms with Gasteiger partial charge in [-0.25, -0.2) is 0 Å². The van der Waals surface area contributed by atoms with Gasteiger partial charge in [-0.15, -0.1) is 0 Å². The molecule has 0 atom stereocenters. The third kappa shape index (κ3) is 2.07. The number of benzene rings is 2. The first-order valence-electron chi connectivity index (χ1n) is 6.06. The fraction of sp³-hybridized carbons (Fsp3) is 0.133. The zero-order chi connectivity index (χ0) is 12.4. The van der Waals surface area contributed by atoms with E-state index in [0.29, 0.717) is 5.56 Å². The smallest absolute Gasteiger partial charge is 0.255 e. The molecule has 1 amide bonds. The molecule has 18 heavy (non-hydrogen) atoms. The van der Waals surface area contributed by atoms with Crippen molar-refractivity contribution in [1.82, 2.24) is 0 Å². The highest BCUT2D eigenvalue weighted by Crippen LogP contribution is 2.23. The molecule has 2 aromatic carbocycles. The Bertz CT molecular complexity index is 578. The van der Waals surface area contributed by atoms with E-state index in [4.69, 9.17) is 0 Å². The topological polar surface area (TPSA) is 41.1 Å². The minimum atomic E-state index is -0.0716. The molecule has 0 aromatic heterocycles. The average molecular weight is 238 g/mol. The fourth-order valence-corrected chi connectivity index (χ4v) is 2.16. The summed E-state index contributed by atoms with van der Waals surface area (Å²) in [6.07, 6.45) is 1.04. The molecular weight excluding hydrogens is 224 g/mol. The molecule has 0 radical (unpaired) electrons. The Morgan fingerprint density at radius 1 is 1.11 bits per heavy atom. The Morgan fingerprint density at radius 2 is 1.94 bits per heavy atom. The number of hydrogen-bond donors (Lipinski definition) is 2. The van der Waals surface area contributed by atoms with Crippen molar-refractivity contribution in [2.24, 2.45) is 0 Å². The average Bonchev–Trinajstić information content (AvgIpc) is 2.87. The van der Waals surface area contributed by atoms with Crippen molar-refractivity contribution in [3.8, 4) is 0 Å². The largest absolute Gasteiger partial charge is 0.384 e. The second-order valence-corrected chi connectivity index (χ2v) is 4.37. The van der Waals surface area contributed by atoms with Crippen LogP contribution >= 0.6 is 0 Å². The Kier molecular flexibility index (Phi) is 2.73. The second-order valence-electron chi connectivity index (χ2n) is 4.37. The highest BCUT2D eigenvalue weighted by molar-refractivity contribution is 6.05. The van der Waals surface area contributed by atoms with E-state index >= 15 is 0 Å². The van der Waals surface area contributed by atoms with Crippen LogP contribution in [0.15, 0.2) is 48.5 Å². The zero-order valence-corrected chi connectivity index (χ0v) is 9.94. The van der Waals surface area contributed by atoms with Crippen LogP contribution in [0.25, 0.3) is 0 Å². The summed E-state index contributed by atoms with van der Waals surface area (Å²) in [5.41, 5.74) is 3.87. The number of fused-ring (bicyclic) bond motifs is 1. The van der Waals surface area contributed by atoms with Crippen LogP contribution in [0.3, 0.4) is 0 Å². The number of nitrogens with one attached hydrogen (secondary N) is 2. The molecule has 0 saturated carbocycles. The summed E-state index contributed by atoms with van der Waals surface area (Å²) < 4.78 is 0. The summed E-state index contributed by atoms with van der Waals surface area (Å²) in [6.45, 7) is 0.957. The fourth-order valence-electron chi connectivity index (χ4n) is 2.16. The van der Waals surface area contributed by atoms with Crippen molar-refractivity contribution in [2.45, 2.75) is 6.42 Å². The van der Waals surface area contributed by atoms with E-state index in [1.165, 1.54) is 5.56 Å². The van der Waals surface area contributed by atoms with Crippen LogP contribution < -0.4 is 10.6 Å². The Balaban J connectivity index is 1.81. The Hall–Kier alpha value is -2.29. The van der Waals surface area contributed by atoms with Crippen LogP contribution in [-0.4, -0.2) is 12.5 Å². The van der Waals surface area contributed by atoms with Crippen molar-refractivity contribution >= 4 is 17.3 Å². The first-order valence-corrected chi connectivity index (χ1v) is 6.06. The summed E-state index contributed by atoms with van der Waals surface area (Å²) in [5.74, 6) is -0.0716. The normalized spacial score (nSPS) is 12.7. The number of amides is 1. The van der Waals surface area contributed by atoms with Crippen LogP contribution in [0.2, 0.25) is 0 Å². The molecule has 0 aliphatic carbocycles. The van der Waals surface area contributed by atoms with Crippen LogP contribution in [-0.2, 0) is 6.42 Å². The van der Waals surface area contributed by atoms with Crippen LogP contribution in [0.1, 0.15) is 15.9 Å². The number of carbonyl (C=O) groups excluding carboxylic acids is 1. The highest BCUT2D eigenvalue weighted by Gasteiger charge is 2.13. The van der Waals surface area contributed by atoms with Gasteiger partial charge in [0.2, 0.25) is 0 Å². The van der Waals surface area contributed by atoms with Crippen molar-refractivity contribution < 1.29 is 4.79 Å². The maximum Gasteiger partial charge on any atom is 0.255 e. The first-order chi connectivity index (χ1) is 8.83. The summed E-state index contributed by atoms with van der Waals surface area (Å²) in [6, 6.07) is 15.3. The lowest BCUT2D eigenvalue weighted by Gasteiger charge is -2.06. The van der Waals surface area contributed by atoms with Gasteiger partial charge in [0.15, 0.2) is 0 Å². The molecule has 2 aromatic rings. The van der Waals surface area contributed by atoms with Gasteiger partial charge >= 0.3 is 0 Å². The maximum atomic E-state index is 12.1. The summed E-state index contributed by atoms with van der Waals surface area (Å²) in [7, 11) is 0. The maximum absolute atomic E-state index is 12.1. The SMILES string of the molecule is O=C(Nc1ccccc1)c1ccc2c(c1)NCC2. The third-order valence-electron chi connectivity index (χ3n) is 3.11. The van der Waals surface area contributed by atoms with Crippen molar-refractivity contribution in [3.63, 3.8) is 0 Å². The zero-order valence-electron chi connectivity index (χ0n) is 9.94. The van der Waals surface area contributed by atoms with Gasteiger partial charge in [-0.3, -0.25) is 4.79 Å². The Morgan fingerprint density at radius 3 is 2.78 bits per heavy atom. The lowest BCUT2D eigenvalue weighted by atomic mass is 10.1. The van der Waals surface area contributed by atoms with Crippen molar-refractivity contribution in [2.75, 3.05) is 17.2 Å². The quantitative estimate of drug-likeness (QED) is 0.844. The van der Waals surface area contributed by atoms with Gasteiger partial charge in [0.25, 0.3) is 5.91 Å². The van der Waals surface area contributed by atoms with E-state index < -0.39 is 0 Å². The minimum absolute atomic E-state index is 0.0716. The number of anilines is 2. The molecule has 90 valence electrons. The van der Waals surface area contributed by atoms with Gasteiger partial charge in [-0.1, -0.05) is 24.3 Å². The van der Waals surface area contributed by atoms with Gasteiger partial charge in [0.1, 0.15) is 0 Å². The van der Waals surface area contributed by atoms with E-state index in [9.17, 15) is 4.79 Å². The molecule has 0 unspecified atom stereocenters. The summed E-state index contributed by atoms with van der Waals surface area (Å²) >= 11 is 0. The number of carbonyl (C=O) groups is 1. The first kappa shape index (κ1) is 10.8. The molecule has 2 N–H and O–H groups in total. The van der Waals surface area contributed by atoms with E-state index in [2.05, 4.69) is 10.6 Å². The molecule has 0 saturated heterocycles. The van der Waals surface area contributed by atoms with Crippen LogP contribution in [0.5, 0.6) is 0 Å². The molecule has 1 aliphatic rings. The third-order valence-corrected chi connectivity index (χ3v) is 3.11. The van der Waals surface area contributed by atoms with E-state index in [1.807, 2.05) is 48.5 Å². The summed E-state index contributed by atoms with van der Waals surface area (Å²) in [4.78, 5) is 12.1.